The lowest BCUT2D eigenvalue weighted by Gasteiger charge is -2.24. The predicted molar refractivity (Wildman–Crippen MR) is 83.9 cm³/mol. The second-order valence-corrected chi connectivity index (χ2v) is 6.57. The van der Waals surface area contributed by atoms with Gasteiger partial charge in [0.05, 0.1) is 5.69 Å². The summed E-state index contributed by atoms with van der Waals surface area (Å²) >= 11 is 0. The summed E-state index contributed by atoms with van der Waals surface area (Å²) in [6.07, 6.45) is 2.65. The summed E-state index contributed by atoms with van der Waals surface area (Å²) in [5.41, 5.74) is 4.34. The third kappa shape index (κ3) is 2.02. The average Bonchev–Trinajstić information content (AvgIpc) is 3.02. The Morgan fingerprint density at radius 1 is 1.24 bits per heavy atom. The molecule has 2 aliphatic heterocycles. The highest BCUT2D eigenvalue weighted by atomic mass is 15.4. The van der Waals surface area contributed by atoms with E-state index >= 15 is 0 Å². The van der Waals surface area contributed by atoms with Gasteiger partial charge in [0.15, 0.2) is 5.65 Å². The fourth-order valence-electron chi connectivity index (χ4n) is 3.79. The Morgan fingerprint density at radius 2 is 2.10 bits per heavy atom. The molecule has 0 aliphatic carbocycles. The molecule has 2 saturated heterocycles. The van der Waals surface area contributed by atoms with Crippen molar-refractivity contribution in [2.45, 2.75) is 39.7 Å². The lowest BCUT2D eigenvalue weighted by atomic mass is 9.94. The van der Waals surface area contributed by atoms with Gasteiger partial charge in [0.1, 0.15) is 5.82 Å². The van der Waals surface area contributed by atoms with Crippen molar-refractivity contribution in [3.63, 3.8) is 0 Å². The first-order valence-electron chi connectivity index (χ1n) is 7.95. The highest BCUT2D eigenvalue weighted by Gasteiger charge is 2.35. The van der Waals surface area contributed by atoms with Crippen molar-refractivity contribution in [3.8, 4) is 0 Å². The molecule has 0 amide bonds. The zero-order valence-corrected chi connectivity index (χ0v) is 13.1. The average molecular weight is 285 g/mol. The third-order valence-corrected chi connectivity index (χ3v) is 5.09. The molecule has 2 aromatic rings. The molecule has 5 nitrogen and oxygen atoms in total. The predicted octanol–water partition coefficient (Wildman–Crippen LogP) is 1.84. The molecule has 2 atom stereocenters. The third-order valence-electron chi connectivity index (χ3n) is 5.09. The van der Waals surface area contributed by atoms with E-state index in [1.807, 2.05) is 4.52 Å². The van der Waals surface area contributed by atoms with Crippen LogP contribution in [0.3, 0.4) is 0 Å². The van der Waals surface area contributed by atoms with E-state index in [1.54, 1.807) is 0 Å². The van der Waals surface area contributed by atoms with Crippen molar-refractivity contribution in [2.24, 2.45) is 5.92 Å². The van der Waals surface area contributed by atoms with Crippen LogP contribution in [0.1, 0.15) is 29.8 Å². The number of hydrogen-bond donors (Lipinski definition) is 1. The molecule has 112 valence electrons. The number of anilines is 1. The van der Waals surface area contributed by atoms with E-state index in [4.69, 9.17) is 5.10 Å². The van der Waals surface area contributed by atoms with E-state index in [1.165, 1.54) is 30.8 Å². The second kappa shape index (κ2) is 4.70. The van der Waals surface area contributed by atoms with Crippen LogP contribution >= 0.6 is 0 Å². The second-order valence-electron chi connectivity index (χ2n) is 6.57. The Balaban J connectivity index is 1.78. The molecule has 1 N–H and O–H groups in total. The van der Waals surface area contributed by atoms with Gasteiger partial charge in [-0.05, 0) is 46.1 Å². The summed E-state index contributed by atoms with van der Waals surface area (Å²) in [5, 5.41) is 8.38. The lowest BCUT2D eigenvalue weighted by molar-refractivity contribution is 0.340. The number of nitrogens with zero attached hydrogens (tertiary/aromatic N) is 4. The first-order valence-corrected chi connectivity index (χ1v) is 7.95. The molecule has 4 heterocycles. The number of aryl methyl sites for hydroxylation is 3. The van der Waals surface area contributed by atoms with Crippen molar-refractivity contribution in [2.75, 3.05) is 24.5 Å². The summed E-state index contributed by atoms with van der Waals surface area (Å²) in [5.74, 6) is 1.98. The Bertz CT molecular complexity index is 676. The SMILES string of the molecule is Cc1cc(N2C[C@@H]3CCCN[C@@H]3C2)n2nc(C)c(C)c2n1. The number of fused-ring (bicyclic) bond motifs is 2. The number of piperidine rings is 1. The molecule has 4 rings (SSSR count). The lowest BCUT2D eigenvalue weighted by Crippen LogP contribution is -2.40. The Morgan fingerprint density at radius 3 is 2.90 bits per heavy atom. The van der Waals surface area contributed by atoms with Crippen molar-refractivity contribution in [1.29, 1.82) is 0 Å². The minimum atomic E-state index is 0.639. The zero-order chi connectivity index (χ0) is 14.6. The fraction of sp³-hybridized carbons (Fsp3) is 0.625. The van der Waals surface area contributed by atoms with Gasteiger partial charge >= 0.3 is 0 Å². The molecule has 2 fully saturated rings. The molecule has 0 aromatic carbocycles. The molecule has 0 spiro atoms. The van der Waals surface area contributed by atoms with Gasteiger partial charge in [-0.15, -0.1) is 0 Å². The number of hydrogen-bond acceptors (Lipinski definition) is 4. The van der Waals surface area contributed by atoms with Crippen molar-refractivity contribution in [1.82, 2.24) is 19.9 Å². The van der Waals surface area contributed by atoms with Crippen LogP contribution < -0.4 is 10.2 Å². The van der Waals surface area contributed by atoms with Gasteiger partial charge in [0, 0.05) is 36.5 Å². The minimum absolute atomic E-state index is 0.639. The summed E-state index contributed by atoms with van der Waals surface area (Å²) in [6.45, 7) is 9.63. The highest BCUT2D eigenvalue weighted by Crippen LogP contribution is 2.30. The molecule has 0 radical (unpaired) electrons. The Hall–Kier alpha value is -1.62. The summed E-state index contributed by atoms with van der Waals surface area (Å²) in [7, 11) is 0. The molecule has 21 heavy (non-hydrogen) atoms. The van der Waals surface area contributed by atoms with Crippen LogP contribution in [0.15, 0.2) is 6.07 Å². The molecule has 0 bridgehead atoms. The molecular formula is C16H23N5. The van der Waals surface area contributed by atoms with Crippen LogP contribution in [0.4, 0.5) is 5.82 Å². The van der Waals surface area contributed by atoms with Gasteiger partial charge in [0.2, 0.25) is 0 Å². The van der Waals surface area contributed by atoms with Crippen LogP contribution in [-0.4, -0.2) is 40.3 Å². The maximum absolute atomic E-state index is 4.71. The highest BCUT2D eigenvalue weighted by molar-refractivity contribution is 5.57. The molecular weight excluding hydrogens is 262 g/mol. The van der Waals surface area contributed by atoms with Gasteiger partial charge in [-0.3, -0.25) is 0 Å². The van der Waals surface area contributed by atoms with Crippen LogP contribution in [-0.2, 0) is 0 Å². The molecule has 0 unspecified atom stereocenters. The molecule has 2 aromatic heterocycles. The van der Waals surface area contributed by atoms with Crippen LogP contribution in [0.5, 0.6) is 0 Å². The Labute approximate surface area is 125 Å². The summed E-state index contributed by atoms with van der Waals surface area (Å²) in [6, 6.07) is 2.82. The smallest absolute Gasteiger partial charge is 0.160 e. The van der Waals surface area contributed by atoms with E-state index < -0.39 is 0 Å². The van der Waals surface area contributed by atoms with Gasteiger partial charge in [0.25, 0.3) is 0 Å². The van der Waals surface area contributed by atoms with E-state index in [9.17, 15) is 0 Å². The van der Waals surface area contributed by atoms with Crippen LogP contribution in [0.2, 0.25) is 0 Å². The molecule has 0 saturated carbocycles. The first-order chi connectivity index (χ1) is 10.1. The van der Waals surface area contributed by atoms with Gasteiger partial charge in [-0.2, -0.15) is 9.61 Å². The van der Waals surface area contributed by atoms with Crippen molar-refractivity contribution in [3.05, 3.63) is 23.0 Å². The molecule has 5 heteroatoms. The number of nitrogens with one attached hydrogen (secondary N) is 1. The van der Waals surface area contributed by atoms with Gasteiger partial charge in [-0.25, -0.2) is 4.98 Å². The number of rotatable bonds is 1. The topological polar surface area (TPSA) is 45.5 Å². The number of aromatic nitrogens is 3. The Kier molecular flexibility index (Phi) is 2.92. The van der Waals surface area contributed by atoms with Gasteiger partial charge < -0.3 is 10.2 Å². The standard InChI is InChI=1S/C16H23N5/c1-10-7-15(21-16(18-10)11(2)12(3)19-21)20-8-13-5-4-6-17-14(13)9-20/h7,13-14,17H,4-6,8-9H2,1-3H3/t13-,14+/m0/s1. The van der Waals surface area contributed by atoms with E-state index in [0.717, 1.165) is 36.0 Å². The van der Waals surface area contributed by atoms with Crippen LogP contribution in [0.25, 0.3) is 5.65 Å². The largest absolute Gasteiger partial charge is 0.355 e. The van der Waals surface area contributed by atoms with E-state index in [2.05, 4.69) is 42.0 Å². The molecule has 2 aliphatic rings. The minimum Gasteiger partial charge on any atom is -0.355 e. The first kappa shape index (κ1) is 13.1. The maximum Gasteiger partial charge on any atom is 0.160 e. The van der Waals surface area contributed by atoms with Crippen LogP contribution in [0, 0.1) is 26.7 Å². The van der Waals surface area contributed by atoms with Crippen molar-refractivity contribution >= 4 is 11.5 Å². The van der Waals surface area contributed by atoms with Gasteiger partial charge in [-0.1, -0.05) is 0 Å². The quantitative estimate of drug-likeness (QED) is 0.868. The normalized spacial score (nSPS) is 25.6. The summed E-state index contributed by atoms with van der Waals surface area (Å²) < 4.78 is 2.04. The zero-order valence-electron chi connectivity index (χ0n) is 13.1. The maximum atomic E-state index is 4.71. The summed E-state index contributed by atoms with van der Waals surface area (Å²) in [4.78, 5) is 7.16. The van der Waals surface area contributed by atoms with Crippen molar-refractivity contribution < 1.29 is 0 Å². The fourth-order valence-corrected chi connectivity index (χ4v) is 3.79. The monoisotopic (exact) mass is 285 g/mol. The van der Waals surface area contributed by atoms with E-state index in [-0.39, 0.29) is 0 Å². The van der Waals surface area contributed by atoms with E-state index in [0.29, 0.717) is 6.04 Å².